The summed E-state index contributed by atoms with van der Waals surface area (Å²) in [7, 11) is 2.12. The largest absolute Gasteiger partial charge is 0.353 e. The van der Waals surface area contributed by atoms with Crippen LogP contribution in [0.4, 0.5) is 0 Å². The normalized spacial score (nSPS) is 17.9. The van der Waals surface area contributed by atoms with E-state index < -0.39 is 0 Å². The molecular formula is C13H22N4O. The first-order chi connectivity index (χ1) is 8.63. The highest BCUT2D eigenvalue weighted by molar-refractivity contribution is 5.76. The Morgan fingerprint density at radius 2 is 2.22 bits per heavy atom. The number of hydrogen-bond donors (Lipinski definition) is 1. The van der Waals surface area contributed by atoms with Crippen LogP contribution in [0.15, 0.2) is 12.4 Å². The van der Waals surface area contributed by atoms with Crippen molar-refractivity contribution in [3.63, 3.8) is 0 Å². The maximum Gasteiger partial charge on any atom is 0.222 e. The number of nitrogens with one attached hydrogen (secondary N) is 1. The smallest absolute Gasteiger partial charge is 0.222 e. The SMILES string of the molecule is Cc1cnn(CCC(=O)NC2CCN(C)CC2)c1. The molecule has 0 atom stereocenters. The van der Waals surface area contributed by atoms with E-state index in [4.69, 9.17) is 0 Å². The van der Waals surface area contributed by atoms with Gasteiger partial charge in [-0.15, -0.1) is 0 Å². The van der Waals surface area contributed by atoms with Crippen LogP contribution in [0.2, 0.25) is 0 Å². The molecule has 2 rings (SSSR count). The zero-order valence-electron chi connectivity index (χ0n) is 11.2. The lowest BCUT2D eigenvalue weighted by Crippen LogP contribution is -2.43. The molecule has 1 aliphatic rings. The Labute approximate surface area is 108 Å². The quantitative estimate of drug-likeness (QED) is 0.859. The highest BCUT2D eigenvalue weighted by atomic mass is 16.1. The van der Waals surface area contributed by atoms with Gasteiger partial charge in [-0.05, 0) is 45.5 Å². The summed E-state index contributed by atoms with van der Waals surface area (Å²) in [4.78, 5) is 14.1. The molecule has 18 heavy (non-hydrogen) atoms. The highest BCUT2D eigenvalue weighted by Gasteiger charge is 2.18. The third-order valence-electron chi connectivity index (χ3n) is 3.41. The third-order valence-corrected chi connectivity index (χ3v) is 3.41. The fourth-order valence-corrected chi connectivity index (χ4v) is 2.26. The van der Waals surface area contributed by atoms with Gasteiger partial charge < -0.3 is 10.2 Å². The predicted molar refractivity (Wildman–Crippen MR) is 70.2 cm³/mol. The van der Waals surface area contributed by atoms with E-state index in [-0.39, 0.29) is 5.91 Å². The molecule has 1 aromatic heterocycles. The number of amides is 1. The molecule has 1 aliphatic heterocycles. The van der Waals surface area contributed by atoms with Gasteiger partial charge in [0.2, 0.25) is 5.91 Å². The van der Waals surface area contributed by atoms with E-state index in [0.29, 0.717) is 19.0 Å². The number of aromatic nitrogens is 2. The van der Waals surface area contributed by atoms with Gasteiger partial charge >= 0.3 is 0 Å². The summed E-state index contributed by atoms with van der Waals surface area (Å²) >= 11 is 0. The molecule has 2 heterocycles. The first kappa shape index (κ1) is 13.1. The van der Waals surface area contributed by atoms with Gasteiger partial charge in [-0.1, -0.05) is 0 Å². The molecule has 1 amide bonds. The van der Waals surface area contributed by atoms with Crippen molar-refractivity contribution in [2.24, 2.45) is 0 Å². The number of piperidine rings is 1. The number of hydrogen-bond acceptors (Lipinski definition) is 3. The van der Waals surface area contributed by atoms with Crippen LogP contribution in [0, 0.1) is 6.92 Å². The minimum Gasteiger partial charge on any atom is -0.353 e. The molecule has 0 unspecified atom stereocenters. The molecule has 1 N–H and O–H groups in total. The van der Waals surface area contributed by atoms with Crippen molar-refractivity contribution in [1.29, 1.82) is 0 Å². The lowest BCUT2D eigenvalue weighted by molar-refractivity contribution is -0.122. The van der Waals surface area contributed by atoms with Crippen LogP contribution in [-0.2, 0) is 11.3 Å². The molecule has 1 saturated heterocycles. The molecule has 5 nitrogen and oxygen atoms in total. The fraction of sp³-hybridized carbons (Fsp3) is 0.692. The Morgan fingerprint density at radius 1 is 1.50 bits per heavy atom. The lowest BCUT2D eigenvalue weighted by atomic mass is 10.1. The van der Waals surface area contributed by atoms with Crippen LogP contribution in [0.3, 0.4) is 0 Å². The molecule has 5 heteroatoms. The minimum atomic E-state index is 0.137. The standard InChI is InChI=1S/C13H22N4O/c1-11-9-14-17(10-11)8-5-13(18)15-12-3-6-16(2)7-4-12/h9-10,12H,3-8H2,1-2H3,(H,15,18). The van der Waals surface area contributed by atoms with Gasteiger partial charge in [0, 0.05) is 25.2 Å². The summed E-state index contributed by atoms with van der Waals surface area (Å²) in [6.45, 7) is 4.81. The summed E-state index contributed by atoms with van der Waals surface area (Å²) in [5, 5.41) is 7.28. The highest BCUT2D eigenvalue weighted by Crippen LogP contribution is 2.08. The second-order valence-electron chi connectivity index (χ2n) is 5.18. The van der Waals surface area contributed by atoms with Crippen molar-refractivity contribution in [3.05, 3.63) is 18.0 Å². The Hall–Kier alpha value is -1.36. The second-order valence-corrected chi connectivity index (χ2v) is 5.18. The van der Waals surface area contributed by atoms with Crippen molar-refractivity contribution in [1.82, 2.24) is 20.0 Å². The van der Waals surface area contributed by atoms with E-state index in [1.807, 2.05) is 24.0 Å². The number of carbonyl (C=O) groups excluding carboxylic acids is 1. The van der Waals surface area contributed by atoms with Crippen molar-refractivity contribution < 1.29 is 4.79 Å². The van der Waals surface area contributed by atoms with Crippen LogP contribution in [-0.4, -0.2) is 46.8 Å². The van der Waals surface area contributed by atoms with Crippen molar-refractivity contribution in [2.45, 2.75) is 38.8 Å². The van der Waals surface area contributed by atoms with Crippen molar-refractivity contribution in [2.75, 3.05) is 20.1 Å². The molecule has 0 bridgehead atoms. The topological polar surface area (TPSA) is 50.2 Å². The summed E-state index contributed by atoms with van der Waals surface area (Å²) < 4.78 is 1.82. The molecule has 0 spiro atoms. The minimum absolute atomic E-state index is 0.137. The average molecular weight is 250 g/mol. The molecule has 1 fully saturated rings. The van der Waals surface area contributed by atoms with E-state index in [2.05, 4.69) is 22.4 Å². The van der Waals surface area contributed by atoms with Crippen LogP contribution in [0.1, 0.15) is 24.8 Å². The monoisotopic (exact) mass is 250 g/mol. The Bertz CT molecular complexity index is 393. The van der Waals surface area contributed by atoms with Crippen LogP contribution in [0.25, 0.3) is 0 Å². The van der Waals surface area contributed by atoms with Gasteiger partial charge in [0.1, 0.15) is 0 Å². The number of aryl methyl sites for hydroxylation is 2. The number of carbonyl (C=O) groups is 1. The summed E-state index contributed by atoms with van der Waals surface area (Å²) in [6, 6.07) is 0.355. The van der Waals surface area contributed by atoms with Crippen LogP contribution in [0.5, 0.6) is 0 Å². The van der Waals surface area contributed by atoms with E-state index in [0.717, 1.165) is 31.5 Å². The summed E-state index contributed by atoms with van der Waals surface area (Å²) in [5.41, 5.74) is 1.13. The number of likely N-dealkylation sites (tertiary alicyclic amines) is 1. The lowest BCUT2D eigenvalue weighted by Gasteiger charge is -2.29. The molecule has 0 aromatic carbocycles. The zero-order chi connectivity index (χ0) is 13.0. The van der Waals surface area contributed by atoms with Crippen LogP contribution >= 0.6 is 0 Å². The Kier molecular flexibility index (Phi) is 4.36. The van der Waals surface area contributed by atoms with Gasteiger partial charge in [-0.3, -0.25) is 9.48 Å². The second kappa shape index (κ2) is 6.00. The van der Waals surface area contributed by atoms with Gasteiger partial charge in [0.05, 0.1) is 6.20 Å². The van der Waals surface area contributed by atoms with E-state index >= 15 is 0 Å². The predicted octanol–water partition coefficient (Wildman–Crippen LogP) is 0.792. The third kappa shape index (κ3) is 3.84. The zero-order valence-corrected chi connectivity index (χ0v) is 11.2. The first-order valence-corrected chi connectivity index (χ1v) is 6.60. The molecule has 0 saturated carbocycles. The summed E-state index contributed by atoms with van der Waals surface area (Å²) in [5.74, 6) is 0.137. The van der Waals surface area contributed by atoms with E-state index in [9.17, 15) is 4.79 Å². The van der Waals surface area contributed by atoms with Crippen molar-refractivity contribution >= 4 is 5.91 Å². The first-order valence-electron chi connectivity index (χ1n) is 6.60. The molecule has 0 aliphatic carbocycles. The molecule has 100 valence electrons. The maximum absolute atomic E-state index is 11.8. The van der Waals surface area contributed by atoms with Gasteiger partial charge in [-0.25, -0.2) is 0 Å². The van der Waals surface area contributed by atoms with Gasteiger partial charge in [0.15, 0.2) is 0 Å². The number of rotatable bonds is 4. The Morgan fingerprint density at radius 3 is 2.83 bits per heavy atom. The number of nitrogens with zero attached hydrogens (tertiary/aromatic N) is 3. The van der Waals surface area contributed by atoms with E-state index in [1.165, 1.54) is 0 Å². The maximum atomic E-state index is 11.8. The molecule has 1 aromatic rings. The average Bonchev–Trinajstić information content (AvgIpc) is 2.76. The van der Waals surface area contributed by atoms with E-state index in [1.54, 1.807) is 0 Å². The van der Waals surface area contributed by atoms with Gasteiger partial charge in [0.25, 0.3) is 0 Å². The van der Waals surface area contributed by atoms with Gasteiger partial charge in [-0.2, -0.15) is 5.10 Å². The Balaban J connectivity index is 1.69. The van der Waals surface area contributed by atoms with Crippen molar-refractivity contribution in [3.8, 4) is 0 Å². The molecular weight excluding hydrogens is 228 g/mol. The van der Waals surface area contributed by atoms with Crippen LogP contribution < -0.4 is 5.32 Å². The molecule has 0 radical (unpaired) electrons. The fourth-order valence-electron chi connectivity index (χ4n) is 2.26. The summed E-state index contributed by atoms with van der Waals surface area (Å²) in [6.07, 6.45) is 6.40.